The molecule has 0 fully saturated rings. The molecule has 9 heteroatoms. The maximum Gasteiger partial charge on any atom is 0.323 e. The van der Waals surface area contributed by atoms with Gasteiger partial charge < -0.3 is 14.8 Å². The Hall–Kier alpha value is -3.55. The molecule has 0 radical (unpaired) electrons. The summed E-state index contributed by atoms with van der Waals surface area (Å²) in [5.41, 5.74) is 3.45. The van der Waals surface area contributed by atoms with E-state index in [9.17, 15) is 9.59 Å². The summed E-state index contributed by atoms with van der Waals surface area (Å²) >= 11 is 11.8. The second kappa shape index (κ2) is 11.9. The maximum absolute atomic E-state index is 12.7. The highest BCUT2D eigenvalue weighted by atomic mass is 35.5. The minimum Gasteiger partial charge on any atom is -0.446 e. The molecule has 0 atom stereocenters. The summed E-state index contributed by atoms with van der Waals surface area (Å²) in [6.07, 6.45) is -1.36. The van der Waals surface area contributed by atoms with Gasteiger partial charge in [0.2, 0.25) is 5.91 Å². The molecule has 0 spiro atoms. The van der Waals surface area contributed by atoms with Crippen LogP contribution in [0.4, 0.5) is 5.69 Å². The third-order valence-corrected chi connectivity index (χ3v) is 4.66. The van der Waals surface area contributed by atoms with Gasteiger partial charge in [0.15, 0.2) is 0 Å². The predicted octanol–water partition coefficient (Wildman–Crippen LogP) is 5.30. The molecule has 0 aliphatic carbocycles. The van der Waals surface area contributed by atoms with Gasteiger partial charge in [-0.05, 0) is 67.6 Å². The molecule has 2 N–H and O–H groups in total. The Morgan fingerprint density at radius 2 is 1.36 bits per heavy atom. The average Bonchev–Trinajstić information content (AvgIpc) is 2.80. The number of carbonyl (C=O) groups is 2. The smallest absolute Gasteiger partial charge is 0.323 e. The molecule has 3 aromatic carbocycles. The van der Waals surface area contributed by atoms with E-state index in [1.54, 1.807) is 67.6 Å². The van der Waals surface area contributed by atoms with Crippen molar-refractivity contribution in [2.75, 3.05) is 5.32 Å². The van der Waals surface area contributed by atoms with Crippen LogP contribution in [0.1, 0.15) is 13.3 Å². The molecule has 2 amide bonds. The van der Waals surface area contributed by atoms with E-state index < -0.39 is 12.2 Å². The van der Waals surface area contributed by atoms with Gasteiger partial charge >= 0.3 is 12.2 Å². The van der Waals surface area contributed by atoms with Crippen LogP contribution in [-0.2, 0) is 9.59 Å². The largest absolute Gasteiger partial charge is 0.446 e. The van der Waals surface area contributed by atoms with Crippen molar-refractivity contribution < 1.29 is 19.1 Å². The van der Waals surface area contributed by atoms with E-state index >= 15 is 0 Å². The first-order valence-corrected chi connectivity index (χ1v) is 10.7. The number of ether oxygens (including phenoxy) is 2. The number of anilines is 1. The third-order valence-electron chi connectivity index (χ3n) is 4.16. The zero-order valence-corrected chi connectivity index (χ0v) is 19.1. The first kappa shape index (κ1) is 24.1. The molecule has 0 unspecified atom stereocenters. The number of hydrogen-bond acceptors (Lipinski definition) is 5. The van der Waals surface area contributed by atoms with Crippen molar-refractivity contribution in [1.82, 2.24) is 5.43 Å². The van der Waals surface area contributed by atoms with E-state index in [-0.39, 0.29) is 12.3 Å². The minimum absolute atomic E-state index is 0.00404. The Labute approximate surface area is 201 Å². The highest BCUT2D eigenvalue weighted by Gasteiger charge is 2.23. The molecular weight excluding hydrogens is 465 g/mol. The second-order valence-corrected chi connectivity index (χ2v) is 7.76. The van der Waals surface area contributed by atoms with Gasteiger partial charge in [-0.1, -0.05) is 41.4 Å². The lowest BCUT2D eigenvalue weighted by molar-refractivity contribution is -0.140. The summed E-state index contributed by atoms with van der Waals surface area (Å²) < 4.78 is 11.4. The Morgan fingerprint density at radius 1 is 0.848 bits per heavy atom. The lowest BCUT2D eigenvalue weighted by Gasteiger charge is -2.19. The van der Waals surface area contributed by atoms with Gasteiger partial charge in [0, 0.05) is 21.4 Å². The van der Waals surface area contributed by atoms with Gasteiger partial charge in [-0.2, -0.15) is 5.10 Å². The number of para-hydroxylation sites is 1. The highest BCUT2D eigenvalue weighted by molar-refractivity contribution is 6.30. The van der Waals surface area contributed by atoms with Crippen LogP contribution in [0.2, 0.25) is 10.0 Å². The molecule has 0 heterocycles. The number of halogens is 2. The van der Waals surface area contributed by atoms with Crippen LogP contribution in [0.5, 0.6) is 11.5 Å². The number of benzene rings is 3. The van der Waals surface area contributed by atoms with Crippen molar-refractivity contribution in [3.8, 4) is 11.5 Å². The normalized spacial score (nSPS) is 11.1. The number of nitrogens with zero attached hydrogens (tertiary/aromatic N) is 1. The molecule has 7 nitrogen and oxygen atoms in total. The van der Waals surface area contributed by atoms with Crippen molar-refractivity contribution in [3.05, 3.63) is 88.9 Å². The van der Waals surface area contributed by atoms with Crippen molar-refractivity contribution in [3.63, 3.8) is 0 Å². The van der Waals surface area contributed by atoms with Crippen LogP contribution in [0.25, 0.3) is 0 Å². The summed E-state index contributed by atoms with van der Waals surface area (Å²) in [6, 6.07) is 22.0. The molecule has 3 aromatic rings. The SMILES string of the molecule is C/C(CC(=O)Nc1ccccc1)=N/NC(=O)C(Oc1ccc(Cl)cc1)Oc1ccc(Cl)cc1. The molecule has 0 saturated carbocycles. The monoisotopic (exact) mass is 485 g/mol. The quantitative estimate of drug-likeness (QED) is 0.244. The molecule has 0 bridgehead atoms. The van der Waals surface area contributed by atoms with Crippen LogP contribution >= 0.6 is 23.2 Å². The fourth-order valence-electron chi connectivity index (χ4n) is 2.61. The van der Waals surface area contributed by atoms with Gasteiger partial charge in [-0.15, -0.1) is 0 Å². The first-order valence-electron chi connectivity index (χ1n) is 9.91. The number of carbonyl (C=O) groups excluding carboxylic acids is 2. The van der Waals surface area contributed by atoms with E-state index in [2.05, 4.69) is 15.8 Å². The second-order valence-electron chi connectivity index (χ2n) is 6.89. The van der Waals surface area contributed by atoms with Crippen molar-refractivity contribution >= 4 is 46.4 Å². The fraction of sp³-hybridized carbons (Fsp3) is 0.125. The molecule has 33 heavy (non-hydrogen) atoms. The lowest BCUT2D eigenvalue weighted by Crippen LogP contribution is -2.40. The summed E-state index contributed by atoms with van der Waals surface area (Å²) in [7, 11) is 0. The van der Waals surface area contributed by atoms with E-state index in [0.29, 0.717) is 32.9 Å². The predicted molar refractivity (Wildman–Crippen MR) is 129 cm³/mol. The lowest BCUT2D eigenvalue weighted by atomic mass is 10.2. The van der Waals surface area contributed by atoms with E-state index in [1.807, 2.05) is 18.2 Å². The molecule has 0 aromatic heterocycles. The number of rotatable bonds is 9. The Bertz CT molecular complexity index is 1060. The zero-order valence-electron chi connectivity index (χ0n) is 17.6. The van der Waals surface area contributed by atoms with Gasteiger partial charge in [0.1, 0.15) is 11.5 Å². The standard InChI is InChI=1S/C24H21Cl2N3O4/c1-16(15-22(30)27-19-5-3-2-4-6-19)28-29-23(31)24(32-20-11-7-17(25)8-12-20)33-21-13-9-18(26)10-14-21/h2-14,24H,15H2,1H3,(H,27,30)(H,29,31)/b28-16-. The molecule has 0 aliphatic heterocycles. The Morgan fingerprint density at radius 3 is 1.88 bits per heavy atom. The number of nitrogens with one attached hydrogen (secondary N) is 2. The van der Waals surface area contributed by atoms with Crippen molar-refractivity contribution in [1.29, 1.82) is 0 Å². The Kier molecular flexibility index (Phi) is 8.69. The average molecular weight is 486 g/mol. The molecule has 0 saturated heterocycles. The first-order chi connectivity index (χ1) is 15.9. The Balaban J connectivity index is 1.64. The molecule has 170 valence electrons. The summed E-state index contributed by atoms with van der Waals surface area (Å²) in [5, 5.41) is 7.79. The third kappa shape index (κ3) is 8.14. The summed E-state index contributed by atoms with van der Waals surface area (Å²) in [4.78, 5) is 24.9. The topological polar surface area (TPSA) is 89.0 Å². The van der Waals surface area contributed by atoms with Crippen LogP contribution in [0, 0.1) is 0 Å². The summed E-state index contributed by atoms with van der Waals surface area (Å²) in [6.45, 7) is 1.62. The highest BCUT2D eigenvalue weighted by Crippen LogP contribution is 2.20. The van der Waals surface area contributed by atoms with E-state index in [1.165, 1.54) is 0 Å². The van der Waals surface area contributed by atoms with Gasteiger partial charge in [-0.3, -0.25) is 9.59 Å². The molecule has 0 aliphatic rings. The minimum atomic E-state index is -1.36. The van der Waals surface area contributed by atoms with Crippen LogP contribution in [0.15, 0.2) is 84.0 Å². The maximum atomic E-state index is 12.7. The van der Waals surface area contributed by atoms with Gasteiger partial charge in [-0.25, -0.2) is 5.43 Å². The van der Waals surface area contributed by atoms with E-state index in [0.717, 1.165) is 0 Å². The molecular formula is C24H21Cl2N3O4. The number of hydrazone groups is 1. The van der Waals surface area contributed by atoms with Crippen molar-refractivity contribution in [2.45, 2.75) is 19.6 Å². The molecule has 3 rings (SSSR count). The van der Waals surface area contributed by atoms with Gasteiger partial charge in [0.05, 0.1) is 6.42 Å². The van der Waals surface area contributed by atoms with E-state index in [4.69, 9.17) is 32.7 Å². The van der Waals surface area contributed by atoms with Crippen LogP contribution in [0.3, 0.4) is 0 Å². The van der Waals surface area contributed by atoms with Crippen molar-refractivity contribution in [2.24, 2.45) is 5.10 Å². The zero-order chi connectivity index (χ0) is 23.6. The number of amides is 2. The van der Waals surface area contributed by atoms with Gasteiger partial charge in [0.25, 0.3) is 0 Å². The number of hydrogen-bond donors (Lipinski definition) is 2. The summed E-state index contributed by atoms with van der Waals surface area (Å²) in [5.74, 6) is -0.182. The fourth-order valence-corrected chi connectivity index (χ4v) is 2.86. The van der Waals surface area contributed by atoms with Crippen LogP contribution in [-0.4, -0.2) is 23.8 Å². The van der Waals surface area contributed by atoms with Crippen LogP contribution < -0.4 is 20.2 Å².